The third-order valence-corrected chi connectivity index (χ3v) is 5.75. The van der Waals surface area contributed by atoms with Crippen molar-refractivity contribution in [3.63, 3.8) is 0 Å². The summed E-state index contributed by atoms with van der Waals surface area (Å²) in [5.41, 5.74) is 0.688. The number of nitrogens with zero attached hydrogens (tertiary/aromatic N) is 4. The Hall–Kier alpha value is -1.73. The van der Waals surface area contributed by atoms with Crippen molar-refractivity contribution >= 4 is 10.0 Å². The van der Waals surface area contributed by atoms with Crippen LogP contribution in [0.4, 0.5) is 0 Å². The van der Waals surface area contributed by atoms with E-state index >= 15 is 0 Å². The smallest absolute Gasteiger partial charge is 0.205 e. The predicted octanol–water partition coefficient (Wildman–Crippen LogP) is 1.69. The SMILES string of the molecule is CC1CC(C)N(S(=O)(=O)c2cnnn2-c2ccccc2)C1. The highest BCUT2D eigenvalue weighted by molar-refractivity contribution is 7.89. The fourth-order valence-corrected chi connectivity index (χ4v) is 4.66. The zero-order valence-electron chi connectivity index (χ0n) is 12.0. The molecule has 21 heavy (non-hydrogen) atoms. The molecular weight excluding hydrogens is 288 g/mol. The highest BCUT2D eigenvalue weighted by Gasteiger charge is 2.38. The van der Waals surface area contributed by atoms with E-state index in [-0.39, 0.29) is 11.1 Å². The lowest BCUT2D eigenvalue weighted by atomic mass is 10.1. The van der Waals surface area contributed by atoms with E-state index in [0.29, 0.717) is 18.2 Å². The number of sulfonamides is 1. The molecule has 0 amide bonds. The quantitative estimate of drug-likeness (QED) is 0.865. The molecule has 1 aromatic heterocycles. The van der Waals surface area contributed by atoms with Crippen LogP contribution in [0.25, 0.3) is 5.69 Å². The Balaban J connectivity index is 2.04. The third kappa shape index (κ3) is 2.47. The van der Waals surface area contributed by atoms with Crippen LogP contribution >= 0.6 is 0 Å². The lowest BCUT2D eigenvalue weighted by Gasteiger charge is -2.20. The van der Waals surface area contributed by atoms with Crippen LogP contribution in [0.5, 0.6) is 0 Å². The highest BCUT2D eigenvalue weighted by atomic mass is 32.2. The average molecular weight is 306 g/mol. The van der Waals surface area contributed by atoms with E-state index in [1.165, 1.54) is 10.9 Å². The number of benzene rings is 1. The molecule has 0 spiro atoms. The topological polar surface area (TPSA) is 68.1 Å². The molecule has 1 saturated heterocycles. The van der Waals surface area contributed by atoms with Gasteiger partial charge in [-0.25, -0.2) is 13.1 Å². The van der Waals surface area contributed by atoms with Gasteiger partial charge < -0.3 is 0 Å². The van der Waals surface area contributed by atoms with Crippen molar-refractivity contribution in [2.24, 2.45) is 5.92 Å². The summed E-state index contributed by atoms with van der Waals surface area (Å²) in [6.07, 6.45) is 2.20. The number of para-hydroxylation sites is 1. The molecular formula is C14H18N4O2S. The first-order valence-corrected chi connectivity index (χ1v) is 8.42. The van der Waals surface area contributed by atoms with E-state index < -0.39 is 10.0 Å². The molecule has 1 fully saturated rings. The fourth-order valence-electron chi connectivity index (χ4n) is 2.87. The van der Waals surface area contributed by atoms with Gasteiger partial charge in [0, 0.05) is 12.6 Å². The van der Waals surface area contributed by atoms with Crippen LogP contribution in [0.15, 0.2) is 41.6 Å². The third-order valence-electron chi connectivity index (χ3n) is 3.82. The Bertz CT molecular complexity index is 726. The van der Waals surface area contributed by atoms with Crippen molar-refractivity contribution in [2.75, 3.05) is 6.54 Å². The molecule has 0 bridgehead atoms. The second-order valence-corrected chi connectivity index (χ2v) is 7.42. The molecule has 6 nitrogen and oxygen atoms in total. The van der Waals surface area contributed by atoms with Crippen molar-refractivity contribution in [2.45, 2.75) is 31.3 Å². The first-order chi connectivity index (χ1) is 10.00. The Labute approximate surface area is 124 Å². The Kier molecular flexibility index (Phi) is 3.54. The van der Waals surface area contributed by atoms with Crippen molar-refractivity contribution < 1.29 is 8.42 Å². The monoisotopic (exact) mass is 306 g/mol. The van der Waals surface area contributed by atoms with Crippen molar-refractivity contribution in [3.05, 3.63) is 36.5 Å². The zero-order chi connectivity index (χ0) is 15.0. The van der Waals surface area contributed by atoms with Crippen LogP contribution in [0.1, 0.15) is 20.3 Å². The van der Waals surface area contributed by atoms with Crippen LogP contribution in [0.2, 0.25) is 0 Å². The summed E-state index contributed by atoms with van der Waals surface area (Å²) in [6.45, 7) is 4.56. The predicted molar refractivity (Wildman–Crippen MR) is 78.5 cm³/mol. The average Bonchev–Trinajstić information content (AvgIpc) is 3.07. The van der Waals surface area contributed by atoms with Gasteiger partial charge in [-0.15, -0.1) is 5.10 Å². The lowest BCUT2D eigenvalue weighted by Crippen LogP contribution is -2.35. The maximum absolute atomic E-state index is 12.9. The van der Waals surface area contributed by atoms with Crippen molar-refractivity contribution in [1.29, 1.82) is 0 Å². The molecule has 2 aromatic rings. The maximum atomic E-state index is 12.9. The second-order valence-electron chi connectivity index (χ2n) is 5.58. The van der Waals surface area contributed by atoms with Gasteiger partial charge in [0.25, 0.3) is 10.0 Å². The lowest BCUT2D eigenvalue weighted by molar-refractivity contribution is 0.401. The zero-order valence-corrected chi connectivity index (χ0v) is 12.9. The molecule has 112 valence electrons. The fraction of sp³-hybridized carbons (Fsp3) is 0.429. The van der Waals surface area contributed by atoms with E-state index in [4.69, 9.17) is 0 Å². The summed E-state index contributed by atoms with van der Waals surface area (Å²) in [7, 11) is -3.58. The minimum Gasteiger partial charge on any atom is -0.205 e. The first kappa shape index (κ1) is 14.2. The Morgan fingerprint density at radius 2 is 1.90 bits per heavy atom. The molecule has 3 rings (SSSR count). The summed E-state index contributed by atoms with van der Waals surface area (Å²) < 4.78 is 28.7. The van der Waals surface area contributed by atoms with Crippen LogP contribution in [-0.4, -0.2) is 40.3 Å². The molecule has 0 radical (unpaired) electrons. The highest BCUT2D eigenvalue weighted by Crippen LogP contribution is 2.29. The molecule has 2 heterocycles. The Morgan fingerprint density at radius 1 is 1.19 bits per heavy atom. The number of hydrogen-bond donors (Lipinski definition) is 0. The van der Waals surface area contributed by atoms with E-state index in [9.17, 15) is 8.42 Å². The summed E-state index contributed by atoms with van der Waals surface area (Å²) in [4.78, 5) is 0. The summed E-state index contributed by atoms with van der Waals surface area (Å²) in [6, 6.07) is 9.18. The normalized spacial score (nSPS) is 23.5. The number of aromatic nitrogens is 3. The van der Waals surface area contributed by atoms with Gasteiger partial charge in [-0.2, -0.15) is 4.31 Å². The summed E-state index contributed by atoms with van der Waals surface area (Å²) in [5.74, 6) is 0.371. The van der Waals surface area contributed by atoms with E-state index in [2.05, 4.69) is 17.2 Å². The summed E-state index contributed by atoms with van der Waals surface area (Å²) >= 11 is 0. The standard InChI is InChI=1S/C14H18N4O2S/c1-11-8-12(2)17(10-11)21(19,20)14-9-15-16-18(14)13-6-4-3-5-7-13/h3-7,9,11-12H,8,10H2,1-2H3. The van der Waals surface area contributed by atoms with Gasteiger partial charge >= 0.3 is 0 Å². The van der Waals surface area contributed by atoms with Crippen LogP contribution < -0.4 is 0 Å². The van der Waals surface area contributed by atoms with E-state index in [1.54, 1.807) is 4.31 Å². The molecule has 0 N–H and O–H groups in total. The minimum absolute atomic E-state index is 0.00382. The molecule has 0 aliphatic carbocycles. The Morgan fingerprint density at radius 3 is 2.52 bits per heavy atom. The molecule has 1 aliphatic heterocycles. The van der Waals surface area contributed by atoms with Gasteiger partial charge in [-0.3, -0.25) is 0 Å². The minimum atomic E-state index is -3.58. The van der Waals surface area contributed by atoms with E-state index in [0.717, 1.165) is 6.42 Å². The van der Waals surface area contributed by atoms with E-state index in [1.807, 2.05) is 37.3 Å². The second kappa shape index (κ2) is 5.23. The number of rotatable bonds is 3. The van der Waals surface area contributed by atoms with Crippen LogP contribution in [0.3, 0.4) is 0 Å². The molecule has 0 saturated carbocycles. The van der Waals surface area contributed by atoms with Crippen LogP contribution in [0, 0.1) is 5.92 Å². The van der Waals surface area contributed by atoms with Crippen molar-refractivity contribution in [1.82, 2.24) is 19.3 Å². The largest absolute Gasteiger partial charge is 0.262 e. The van der Waals surface area contributed by atoms with Crippen LogP contribution in [-0.2, 0) is 10.0 Å². The van der Waals surface area contributed by atoms with Gasteiger partial charge in [0.2, 0.25) is 0 Å². The first-order valence-electron chi connectivity index (χ1n) is 6.98. The maximum Gasteiger partial charge on any atom is 0.262 e. The number of hydrogen-bond acceptors (Lipinski definition) is 4. The summed E-state index contributed by atoms with van der Waals surface area (Å²) in [5, 5.41) is 7.84. The van der Waals surface area contributed by atoms with Crippen molar-refractivity contribution in [3.8, 4) is 5.69 Å². The molecule has 7 heteroatoms. The van der Waals surface area contributed by atoms with Gasteiger partial charge in [-0.1, -0.05) is 30.3 Å². The molecule has 1 aromatic carbocycles. The van der Waals surface area contributed by atoms with Gasteiger partial charge in [-0.05, 0) is 31.4 Å². The molecule has 2 atom stereocenters. The molecule has 1 aliphatic rings. The van der Waals surface area contributed by atoms with Gasteiger partial charge in [0.1, 0.15) is 0 Å². The van der Waals surface area contributed by atoms with Gasteiger partial charge in [0.05, 0.1) is 11.9 Å². The van der Waals surface area contributed by atoms with Gasteiger partial charge in [0.15, 0.2) is 5.03 Å². The molecule has 2 unspecified atom stereocenters.